The second-order valence-electron chi connectivity index (χ2n) is 8.91. The minimum atomic E-state index is -1.20. The second kappa shape index (κ2) is 15.8. The lowest BCUT2D eigenvalue weighted by molar-refractivity contribution is -0.142. The SMILES string of the molecule is CC(C)CC(NC(=O)C(Cc1ccccc1)NC(=O)C(CCCCN)NC(=O)C(N)CO)C(=O)O. The van der Waals surface area contributed by atoms with Gasteiger partial charge in [-0.25, -0.2) is 4.79 Å². The van der Waals surface area contributed by atoms with Crippen LogP contribution in [0.4, 0.5) is 0 Å². The number of benzene rings is 1. The molecule has 3 amide bonds. The fourth-order valence-electron chi connectivity index (χ4n) is 3.42. The Kier molecular flexibility index (Phi) is 13.5. The van der Waals surface area contributed by atoms with Gasteiger partial charge in [0.1, 0.15) is 24.2 Å². The van der Waals surface area contributed by atoms with Crippen LogP contribution in [0.3, 0.4) is 0 Å². The van der Waals surface area contributed by atoms with E-state index in [1.54, 1.807) is 24.3 Å². The molecule has 9 N–H and O–H groups in total. The van der Waals surface area contributed by atoms with Crippen molar-refractivity contribution >= 4 is 23.7 Å². The van der Waals surface area contributed by atoms with E-state index < -0.39 is 54.5 Å². The monoisotopic (exact) mass is 493 g/mol. The summed E-state index contributed by atoms with van der Waals surface area (Å²) in [7, 11) is 0. The van der Waals surface area contributed by atoms with Gasteiger partial charge in [-0.2, -0.15) is 0 Å². The molecular weight excluding hydrogens is 454 g/mol. The van der Waals surface area contributed by atoms with Gasteiger partial charge in [0.05, 0.1) is 6.61 Å². The molecular formula is C24H39N5O6. The Hall–Kier alpha value is -3.02. The summed E-state index contributed by atoms with van der Waals surface area (Å²) in [6.45, 7) is 3.51. The van der Waals surface area contributed by atoms with Crippen molar-refractivity contribution in [3.05, 3.63) is 35.9 Å². The van der Waals surface area contributed by atoms with Crippen molar-refractivity contribution in [3.8, 4) is 0 Å². The molecule has 35 heavy (non-hydrogen) atoms. The molecule has 11 nitrogen and oxygen atoms in total. The molecule has 1 rings (SSSR count). The highest BCUT2D eigenvalue weighted by molar-refractivity contribution is 5.94. The summed E-state index contributed by atoms with van der Waals surface area (Å²) in [5, 5.41) is 26.4. The van der Waals surface area contributed by atoms with E-state index in [9.17, 15) is 24.3 Å². The molecule has 1 aromatic carbocycles. The van der Waals surface area contributed by atoms with Crippen LogP contribution in [-0.4, -0.2) is 71.2 Å². The number of carboxylic acids is 1. The Bertz CT molecular complexity index is 820. The number of carboxylic acid groups (broad SMARTS) is 1. The largest absolute Gasteiger partial charge is 0.480 e. The van der Waals surface area contributed by atoms with Gasteiger partial charge < -0.3 is 37.6 Å². The Balaban J connectivity index is 3.09. The second-order valence-corrected chi connectivity index (χ2v) is 8.91. The van der Waals surface area contributed by atoms with Gasteiger partial charge in [0.25, 0.3) is 0 Å². The van der Waals surface area contributed by atoms with Crippen LogP contribution < -0.4 is 27.4 Å². The van der Waals surface area contributed by atoms with Gasteiger partial charge in [-0.3, -0.25) is 14.4 Å². The maximum atomic E-state index is 13.1. The number of unbranched alkanes of at least 4 members (excludes halogenated alkanes) is 1. The lowest BCUT2D eigenvalue weighted by Crippen LogP contribution is -2.58. The number of aliphatic hydroxyl groups excluding tert-OH is 1. The van der Waals surface area contributed by atoms with E-state index >= 15 is 0 Å². The minimum absolute atomic E-state index is 0.0245. The molecule has 0 aliphatic rings. The van der Waals surface area contributed by atoms with E-state index in [-0.39, 0.29) is 25.2 Å². The van der Waals surface area contributed by atoms with Gasteiger partial charge in [0.2, 0.25) is 17.7 Å². The first kappa shape index (κ1) is 30.0. The quantitative estimate of drug-likeness (QED) is 0.146. The van der Waals surface area contributed by atoms with E-state index in [0.717, 1.165) is 5.56 Å². The third kappa shape index (κ3) is 11.3. The van der Waals surface area contributed by atoms with Crippen LogP contribution in [0, 0.1) is 5.92 Å². The number of hydrogen-bond acceptors (Lipinski definition) is 7. The van der Waals surface area contributed by atoms with Crippen molar-refractivity contribution in [3.63, 3.8) is 0 Å². The number of aliphatic hydroxyl groups is 1. The van der Waals surface area contributed by atoms with Crippen molar-refractivity contribution in [1.29, 1.82) is 0 Å². The molecule has 0 aliphatic heterocycles. The molecule has 11 heteroatoms. The van der Waals surface area contributed by atoms with Gasteiger partial charge in [-0.15, -0.1) is 0 Å². The maximum Gasteiger partial charge on any atom is 0.326 e. The third-order valence-corrected chi connectivity index (χ3v) is 5.35. The van der Waals surface area contributed by atoms with Gasteiger partial charge in [-0.05, 0) is 43.7 Å². The highest BCUT2D eigenvalue weighted by Gasteiger charge is 2.30. The first-order chi connectivity index (χ1) is 16.6. The van der Waals surface area contributed by atoms with E-state index in [1.807, 2.05) is 19.9 Å². The summed E-state index contributed by atoms with van der Waals surface area (Å²) in [6, 6.07) is 4.56. The van der Waals surface area contributed by atoms with Crippen molar-refractivity contribution in [1.82, 2.24) is 16.0 Å². The average molecular weight is 494 g/mol. The van der Waals surface area contributed by atoms with Crippen LogP contribution >= 0.6 is 0 Å². The molecule has 0 aromatic heterocycles. The first-order valence-electron chi connectivity index (χ1n) is 11.8. The van der Waals surface area contributed by atoms with Gasteiger partial charge in [0, 0.05) is 6.42 Å². The molecule has 0 saturated carbocycles. The predicted molar refractivity (Wildman–Crippen MR) is 131 cm³/mol. The lowest BCUT2D eigenvalue weighted by atomic mass is 10.0. The van der Waals surface area contributed by atoms with Crippen LogP contribution in [0.2, 0.25) is 0 Å². The maximum absolute atomic E-state index is 13.1. The number of nitrogens with one attached hydrogen (secondary N) is 3. The standard InChI is InChI=1S/C24H39N5O6/c1-15(2)12-20(24(34)35)29-23(33)19(13-16-8-4-3-5-9-16)28-22(32)18(10-6-7-11-25)27-21(31)17(26)14-30/h3-5,8-9,15,17-20,30H,6-7,10-14,25-26H2,1-2H3,(H,27,31)(H,28,32)(H,29,33)(H,34,35). The van der Waals surface area contributed by atoms with E-state index in [0.29, 0.717) is 19.4 Å². The molecule has 196 valence electrons. The van der Waals surface area contributed by atoms with Crippen molar-refractivity contribution < 1.29 is 29.4 Å². The molecule has 0 spiro atoms. The molecule has 0 saturated heterocycles. The van der Waals surface area contributed by atoms with Crippen molar-refractivity contribution in [2.45, 2.75) is 70.1 Å². The highest BCUT2D eigenvalue weighted by Crippen LogP contribution is 2.09. The topological polar surface area (TPSA) is 197 Å². The Labute approximate surface area is 206 Å². The number of aliphatic carboxylic acids is 1. The van der Waals surface area contributed by atoms with Crippen LogP contribution in [0.15, 0.2) is 30.3 Å². The predicted octanol–water partition coefficient (Wildman–Crippen LogP) is -0.737. The number of hydrogen-bond donors (Lipinski definition) is 7. The lowest BCUT2D eigenvalue weighted by Gasteiger charge is -2.25. The summed E-state index contributed by atoms with van der Waals surface area (Å²) in [4.78, 5) is 50.1. The summed E-state index contributed by atoms with van der Waals surface area (Å²) in [5.74, 6) is -3.10. The van der Waals surface area contributed by atoms with Crippen molar-refractivity contribution in [2.24, 2.45) is 17.4 Å². The first-order valence-corrected chi connectivity index (χ1v) is 11.8. The summed E-state index contributed by atoms with van der Waals surface area (Å²) < 4.78 is 0. The van der Waals surface area contributed by atoms with Gasteiger partial charge in [-0.1, -0.05) is 44.2 Å². The molecule has 4 atom stereocenters. The molecule has 0 fully saturated rings. The normalized spacial score (nSPS) is 14.5. The van der Waals surface area contributed by atoms with Crippen LogP contribution in [0.1, 0.15) is 45.1 Å². The number of rotatable bonds is 16. The summed E-state index contributed by atoms with van der Waals surface area (Å²) in [5.41, 5.74) is 11.9. The zero-order valence-corrected chi connectivity index (χ0v) is 20.4. The summed E-state index contributed by atoms with van der Waals surface area (Å²) in [6.07, 6.45) is 1.75. The Morgan fingerprint density at radius 2 is 1.46 bits per heavy atom. The van der Waals surface area contributed by atoms with E-state index in [2.05, 4.69) is 16.0 Å². The number of carbonyl (C=O) groups is 4. The fourth-order valence-corrected chi connectivity index (χ4v) is 3.42. The highest BCUT2D eigenvalue weighted by atomic mass is 16.4. The zero-order chi connectivity index (χ0) is 26.4. The van der Waals surface area contributed by atoms with E-state index in [4.69, 9.17) is 16.6 Å². The fraction of sp³-hybridized carbons (Fsp3) is 0.583. The zero-order valence-electron chi connectivity index (χ0n) is 20.4. The van der Waals surface area contributed by atoms with Crippen LogP contribution in [0.5, 0.6) is 0 Å². The molecule has 0 bridgehead atoms. The Morgan fingerprint density at radius 1 is 0.886 bits per heavy atom. The molecule has 0 heterocycles. The summed E-state index contributed by atoms with van der Waals surface area (Å²) >= 11 is 0. The van der Waals surface area contributed by atoms with Gasteiger partial charge in [0.15, 0.2) is 0 Å². The average Bonchev–Trinajstić information content (AvgIpc) is 2.82. The van der Waals surface area contributed by atoms with Gasteiger partial charge >= 0.3 is 5.97 Å². The smallest absolute Gasteiger partial charge is 0.326 e. The Morgan fingerprint density at radius 3 is 2.00 bits per heavy atom. The molecule has 1 aromatic rings. The number of nitrogens with two attached hydrogens (primary N) is 2. The van der Waals surface area contributed by atoms with Crippen LogP contribution in [-0.2, 0) is 25.6 Å². The minimum Gasteiger partial charge on any atom is -0.480 e. The third-order valence-electron chi connectivity index (χ3n) is 5.35. The van der Waals surface area contributed by atoms with E-state index in [1.165, 1.54) is 0 Å². The van der Waals surface area contributed by atoms with Crippen LogP contribution in [0.25, 0.3) is 0 Å². The van der Waals surface area contributed by atoms with Crippen molar-refractivity contribution in [2.75, 3.05) is 13.2 Å². The number of amides is 3. The molecule has 0 radical (unpaired) electrons. The number of carbonyl (C=O) groups excluding carboxylic acids is 3. The molecule has 4 unspecified atom stereocenters. The molecule has 0 aliphatic carbocycles.